The van der Waals surface area contributed by atoms with E-state index in [1.165, 1.54) is 43.5 Å². The maximum atomic E-state index is 12.5. The third-order valence-corrected chi connectivity index (χ3v) is 5.28. The molecule has 142 valence electrons. The van der Waals surface area contributed by atoms with E-state index in [9.17, 15) is 4.79 Å². The predicted octanol–water partition coefficient (Wildman–Crippen LogP) is 1.22. The fourth-order valence-corrected chi connectivity index (χ4v) is 3.72. The SMILES string of the molecule is CN=C(NCCN1CCCCC1)NCC(=O)N1CCc2ccccc2C1. The van der Waals surface area contributed by atoms with Crippen molar-refractivity contribution in [2.45, 2.75) is 32.2 Å². The molecule has 0 bridgehead atoms. The van der Waals surface area contributed by atoms with Crippen LogP contribution >= 0.6 is 0 Å². The Bertz CT molecular complexity index is 624. The third kappa shape index (κ3) is 5.21. The van der Waals surface area contributed by atoms with Crippen molar-refractivity contribution in [3.05, 3.63) is 35.4 Å². The molecular weight excluding hydrogens is 326 g/mol. The van der Waals surface area contributed by atoms with Crippen molar-refractivity contribution in [3.63, 3.8) is 0 Å². The van der Waals surface area contributed by atoms with Gasteiger partial charge in [-0.25, -0.2) is 0 Å². The fourth-order valence-electron chi connectivity index (χ4n) is 3.72. The van der Waals surface area contributed by atoms with Crippen LogP contribution in [0.2, 0.25) is 0 Å². The van der Waals surface area contributed by atoms with Crippen LogP contribution in [0.1, 0.15) is 30.4 Å². The molecule has 26 heavy (non-hydrogen) atoms. The number of amides is 1. The molecule has 2 heterocycles. The van der Waals surface area contributed by atoms with Crippen molar-refractivity contribution in [3.8, 4) is 0 Å². The first kappa shape index (κ1) is 18.7. The highest BCUT2D eigenvalue weighted by molar-refractivity contribution is 5.86. The summed E-state index contributed by atoms with van der Waals surface area (Å²) in [6.07, 6.45) is 4.90. The van der Waals surface area contributed by atoms with Crippen LogP contribution in [0, 0.1) is 0 Å². The Balaban J connectivity index is 1.38. The van der Waals surface area contributed by atoms with Crippen molar-refractivity contribution < 1.29 is 4.79 Å². The van der Waals surface area contributed by atoms with Gasteiger partial charge < -0.3 is 20.4 Å². The Hall–Kier alpha value is -2.08. The molecule has 0 spiro atoms. The lowest BCUT2D eigenvalue weighted by Gasteiger charge is -2.29. The van der Waals surface area contributed by atoms with Crippen LogP contribution in [-0.2, 0) is 17.8 Å². The summed E-state index contributed by atoms with van der Waals surface area (Å²) in [5, 5.41) is 6.47. The number of piperidine rings is 1. The summed E-state index contributed by atoms with van der Waals surface area (Å²) in [4.78, 5) is 21.2. The number of aliphatic imine (C=N–C) groups is 1. The number of likely N-dealkylation sites (tertiary alicyclic amines) is 1. The van der Waals surface area contributed by atoms with E-state index in [1.54, 1.807) is 7.05 Å². The molecule has 0 aliphatic carbocycles. The van der Waals surface area contributed by atoms with Gasteiger partial charge in [0.1, 0.15) is 0 Å². The first-order chi connectivity index (χ1) is 12.8. The van der Waals surface area contributed by atoms with E-state index in [-0.39, 0.29) is 12.5 Å². The van der Waals surface area contributed by atoms with E-state index in [4.69, 9.17) is 0 Å². The number of hydrogen-bond donors (Lipinski definition) is 2. The van der Waals surface area contributed by atoms with Crippen LogP contribution in [0.15, 0.2) is 29.3 Å². The second-order valence-corrected chi connectivity index (χ2v) is 7.09. The molecule has 0 radical (unpaired) electrons. The topological polar surface area (TPSA) is 60.0 Å². The van der Waals surface area contributed by atoms with Gasteiger partial charge in [-0.15, -0.1) is 0 Å². The summed E-state index contributed by atoms with van der Waals surface area (Å²) >= 11 is 0. The standard InChI is InChI=1S/C20H31N5O/c1-21-20(22-10-14-24-11-5-2-6-12-24)23-15-19(26)25-13-9-17-7-3-4-8-18(17)16-25/h3-4,7-8H,2,5-6,9-16H2,1H3,(H2,21,22,23). The summed E-state index contributed by atoms with van der Waals surface area (Å²) in [5.74, 6) is 0.825. The van der Waals surface area contributed by atoms with Crippen molar-refractivity contribution in [1.29, 1.82) is 0 Å². The van der Waals surface area contributed by atoms with Gasteiger partial charge in [0.25, 0.3) is 0 Å². The molecule has 1 fully saturated rings. The normalized spacial score (nSPS) is 18.3. The summed E-state index contributed by atoms with van der Waals surface area (Å²) < 4.78 is 0. The number of guanidine groups is 1. The number of carbonyl (C=O) groups excluding carboxylic acids is 1. The fraction of sp³-hybridized carbons (Fsp3) is 0.600. The molecule has 6 heteroatoms. The van der Waals surface area contributed by atoms with Crippen LogP contribution in [0.5, 0.6) is 0 Å². The first-order valence-corrected chi connectivity index (χ1v) is 9.77. The summed E-state index contributed by atoms with van der Waals surface area (Å²) in [5.41, 5.74) is 2.62. The second-order valence-electron chi connectivity index (χ2n) is 7.09. The molecule has 1 aromatic carbocycles. The first-order valence-electron chi connectivity index (χ1n) is 9.77. The highest BCUT2D eigenvalue weighted by Crippen LogP contribution is 2.18. The van der Waals surface area contributed by atoms with E-state index in [2.05, 4.69) is 38.7 Å². The molecule has 2 aliphatic rings. The Labute approximate surface area is 156 Å². The average molecular weight is 358 g/mol. The quantitative estimate of drug-likeness (QED) is 0.615. The van der Waals surface area contributed by atoms with E-state index in [1.807, 2.05) is 11.0 Å². The van der Waals surface area contributed by atoms with Crippen LogP contribution in [0.3, 0.4) is 0 Å². The molecule has 2 N–H and O–H groups in total. The molecule has 6 nitrogen and oxygen atoms in total. The van der Waals surface area contributed by atoms with E-state index < -0.39 is 0 Å². The van der Waals surface area contributed by atoms with Gasteiger partial charge in [-0.1, -0.05) is 30.7 Å². The zero-order valence-corrected chi connectivity index (χ0v) is 15.8. The predicted molar refractivity (Wildman–Crippen MR) is 105 cm³/mol. The summed E-state index contributed by atoms with van der Waals surface area (Å²) in [7, 11) is 1.75. The Morgan fingerprint density at radius 2 is 1.85 bits per heavy atom. The Kier molecular flexibility index (Phi) is 6.89. The highest BCUT2D eigenvalue weighted by atomic mass is 16.2. The van der Waals surface area contributed by atoms with Gasteiger partial charge in [-0.2, -0.15) is 0 Å². The van der Waals surface area contributed by atoms with Crippen LogP contribution < -0.4 is 10.6 Å². The zero-order valence-electron chi connectivity index (χ0n) is 15.8. The van der Waals surface area contributed by atoms with E-state index in [0.717, 1.165) is 26.1 Å². The minimum atomic E-state index is 0.124. The zero-order chi connectivity index (χ0) is 18.2. The van der Waals surface area contributed by atoms with Crippen molar-refractivity contribution in [2.75, 3.05) is 46.3 Å². The molecule has 3 rings (SSSR count). The van der Waals surface area contributed by atoms with E-state index in [0.29, 0.717) is 12.5 Å². The average Bonchev–Trinajstić information content (AvgIpc) is 2.70. The van der Waals surface area contributed by atoms with Gasteiger partial charge in [0.05, 0.1) is 6.54 Å². The number of benzene rings is 1. The van der Waals surface area contributed by atoms with Gasteiger partial charge in [0, 0.05) is 33.2 Å². The van der Waals surface area contributed by atoms with Gasteiger partial charge in [-0.3, -0.25) is 9.79 Å². The van der Waals surface area contributed by atoms with Gasteiger partial charge in [-0.05, 0) is 43.5 Å². The number of nitrogens with one attached hydrogen (secondary N) is 2. The molecule has 0 aromatic heterocycles. The molecule has 1 amide bonds. The number of fused-ring (bicyclic) bond motifs is 1. The molecule has 2 aliphatic heterocycles. The lowest BCUT2D eigenvalue weighted by molar-refractivity contribution is -0.130. The number of carbonyl (C=O) groups is 1. The largest absolute Gasteiger partial charge is 0.355 e. The monoisotopic (exact) mass is 357 g/mol. The molecule has 1 saturated heterocycles. The minimum absolute atomic E-state index is 0.124. The van der Waals surface area contributed by atoms with Gasteiger partial charge in [0.2, 0.25) is 5.91 Å². The molecule has 1 aromatic rings. The van der Waals surface area contributed by atoms with Gasteiger partial charge >= 0.3 is 0 Å². The lowest BCUT2D eigenvalue weighted by Crippen LogP contribution is -2.47. The summed E-state index contributed by atoms with van der Waals surface area (Å²) in [6, 6.07) is 8.38. The Morgan fingerprint density at radius 3 is 2.62 bits per heavy atom. The van der Waals surface area contributed by atoms with Crippen molar-refractivity contribution in [2.24, 2.45) is 4.99 Å². The van der Waals surface area contributed by atoms with Crippen molar-refractivity contribution in [1.82, 2.24) is 20.4 Å². The maximum absolute atomic E-state index is 12.5. The van der Waals surface area contributed by atoms with E-state index >= 15 is 0 Å². The smallest absolute Gasteiger partial charge is 0.242 e. The molecule has 0 saturated carbocycles. The van der Waals surface area contributed by atoms with Crippen LogP contribution in [0.25, 0.3) is 0 Å². The second kappa shape index (κ2) is 9.57. The number of nitrogens with zero attached hydrogens (tertiary/aromatic N) is 3. The maximum Gasteiger partial charge on any atom is 0.242 e. The molecular formula is C20H31N5O. The van der Waals surface area contributed by atoms with Crippen LogP contribution in [0.4, 0.5) is 0 Å². The minimum Gasteiger partial charge on any atom is -0.355 e. The third-order valence-electron chi connectivity index (χ3n) is 5.28. The van der Waals surface area contributed by atoms with Gasteiger partial charge in [0.15, 0.2) is 5.96 Å². The van der Waals surface area contributed by atoms with Crippen molar-refractivity contribution >= 4 is 11.9 Å². The highest BCUT2D eigenvalue weighted by Gasteiger charge is 2.20. The lowest BCUT2D eigenvalue weighted by atomic mass is 10.00. The molecule has 0 unspecified atom stereocenters. The molecule has 0 atom stereocenters. The summed E-state index contributed by atoms with van der Waals surface area (Å²) in [6.45, 7) is 6.05. The Morgan fingerprint density at radius 1 is 1.08 bits per heavy atom. The number of hydrogen-bond acceptors (Lipinski definition) is 3. The number of rotatable bonds is 5. The van der Waals surface area contributed by atoms with Crippen LogP contribution in [-0.4, -0.2) is 68.0 Å².